The van der Waals surface area contributed by atoms with Crippen molar-refractivity contribution >= 4 is 39.3 Å². The fourth-order valence-electron chi connectivity index (χ4n) is 2.75. The molecule has 3 rings (SSSR count). The molecule has 1 amide bonds. The van der Waals surface area contributed by atoms with Crippen molar-refractivity contribution in [2.75, 3.05) is 18.2 Å². The molecule has 158 valence electrons. The molecule has 30 heavy (non-hydrogen) atoms. The number of rotatable bonds is 9. The second kappa shape index (κ2) is 10.5. The Morgan fingerprint density at radius 2 is 1.93 bits per heavy atom. The Labute approximate surface area is 188 Å². The number of ether oxygens (including phenoxy) is 2. The van der Waals surface area contributed by atoms with E-state index in [0.29, 0.717) is 29.0 Å². The molecule has 1 N–H and O–H groups in total. The first kappa shape index (κ1) is 22.2. The highest BCUT2D eigenvalue weighted by Gasteiger charge is 2.15. The maximum absolute atomic E-state index is 12.2. The summed E-state index contributed by atoms with van der Waals surface area (Å²) in [5.41, 5.74) is 1.85. The molecule has 1 heterocycles. The number of hydrogen-bond acceptors (Lipinski definition) is 6. The summed E-state index contributed by atoms with van der Waals surface area (Å²) in [6.07, 6.45) is 0. The standard InChI is InChI=1S/C21H23BrN4O3S/c1-4-26-19(12-29-17-10-5-14(2)11-18(17)28-3)24-25-21(26)30-13-20(27)23-16-8-6-15(22)7-9-16/h5-11H,4,12-13H2,1-3H3,(H,23,27). The number of amides is 1. The van der Waals surface area contributed by atoms with Crippen molar-refractivity contribution in [2.24, 2.45) is 0 Å². The van der Waals surface area contributed by atoms with E-state index in [4.69, 9.17) is 9.47 Å². The molecule has 7 nitrogen and oxygen atoms in total. The summed E-state index contributed by atoms with van der Waals surface area (Å²) in [7, 11) is 1.62. The highest BCUT2D eigenvalue weighted by molar-refractivity contribution is 9.10. The van der Waals surface area contributed by atoms with Gasteiger partial charge < -0.3 is 19.4 Å². The van der Waals surface area contributed by atoms with Crippen LogP contribution in [0, 0.1) is 6.92 Å². The Balaban J connectivity index is 1.60. The van der Waals surface area contributed by atoms with Crippen molar-refractivity contribution < 1.29 is 14.3 Å². The Bertz CT molecular complexity index is 1010. The van der Waals surface area contributed by atoms with Crippen LogP contribution >= 0.6 is 27.7 Å². The van der Waals surface area contributed by atoms with E-state index in [2.05, 4.69) is 31.4 Å². The normalized spacial score (nSPS) is 10.7. The third-order valence-corrected chi connectivity index (χ3v) is 5.74. The largest absolute Gasteiger partial charge is 0.493 e. The van der Waals surface area contributed by atoms with E-state index in [9.17, 15) is 4.79 Å². The highest BCUT2D eigenvalue weighted by Crippen LogP contribution is 2.28. The third-order valence-electron chi connectivity index (χ3n) is 4.25. The molecule has 0 saturated heterocycles. The Hall–Kier alpha value is -2.52. The first-order valence-electron chi connectivity index (χ1n) is 9.38. The SMILES string of the molecule is CCn1c(COc2ccc(C)cc2OC)nnc1SCC(=O)Nc1ccc(Br)cc1. The van der Waals surface area contributed by atoms with Crippen molar-refractivity contribution in [3.05, 3.63) is 58.3 Å². The van der Waals surface area contributed by atoms with Gasteiger partial charge in [0.2, 0.25) is 5.91 Å². The lowest BCUT2D eigenvalue weighted by atomic mass is 10.2. The van der Waals surface area contributed by atoms with Gasteiger partial charge in [-0.05, 0) is 55.8 Å². The summed E-state index contributed by atoms with van der Waals surface area (Å²) in [6, 6.07) is 13.2. The molecule has 2 aromatic carbocycles. The number of aromatic nitrogens is 3. The van der Waals surface area contributed by atoms with E-state index in [1.165, 1.54) is 11.8 Å². The molecule has 0 spiro atoms. The number of methoxy groups -OCH3 is 1. The molecule has 0 radical (unpaired) electrons. The highest BCUT2D eigenvalue weighted by atomic mass is 79.9. The van der Waals surface area contributed by atoms with Crippen molar-refractivity contribution in [1.82, 2.24) is 14.8 Å². The zero-order valence-electron chi connectivity index (χ0n) is 17.0. The van der Waals surface area contributed by atoms with Crippen LogP contribution in [-0.2, 0) is 17.9 Å². The van der Waals surface area contributed by atoms with Gasteiger partial charge in [-0.25, -0.2) is 0 Å². The molecule has 0 aliphatic rings. The molecule has 0 atom stereocenters. The maximum Gasteiger partial charge on any atom is 0.234 e. The van der Waals surface area contributed by atoms with Crippen molar-refractivity contribution in [2.45, 2.75) is 32.2 Å². The number of nitrogens with one attached hydrogen (secondary N) is 1. The lowest BCUT2D eigenvalue weighted by Crippen LogP contribution is -2.14. The number of carbonyl (C=O) groups excluding carboxylic acids is 1. The van der Waals surface area contributed by atoms with Gasteiger partial charge in [0.05, 0.1) is 12.9 Å². The monoisotopic (exact) mass is 490 g/mol. The summed E-state index contributed by atoms with van der Waals surface area (Å²) in [4.78, 5) is 12.2. The first-order chi connectivity index (χ1) is 14.5. The van der Waals surface area contributed by atoms with Gasteiger partial charge in [-0.3, -0.25) is 4.79 Å². The minimum atomic E-state index is -0.102. The number of halogens is 1. The topological polar surface area (TPSA) is 78.3 Å². The molecule has 9 heteroatoms. The van der Waals surface area contributed by atoms with E-state index >= 15 is 0 Å². The molecule has 3 aromatic rings. The number of hydrogen-bond donors (Lipinski definition) is 1. The molecular formula is C21H23BrN4O3S. The van der Waals surface area contributed by atoms with Gasteiger partial charge in [0.1, 0.15) is 6.61 Å². The molecule has 0 aliphatic carbocycles. The van der Waals surface area contributed by atoms with Gasteiger partial charge >= 0.3 is 0 Å². The first-order valence-corrected chi connectivity index (χ1v) is 11.2. The summed E-state index contributed by atoms with van der Waals surface area (Å²) < 4.78 is 14.2. The van der Waals surface area contributed by atoms with Crippen LogP contribution < -0.4 is 14.8 Å². The smallest absolute Gasteiger partial charge is 0.234 e. The molecule has 0 aliphatic heterocycles. The minimum Gasteiger partial charge on any atom is -0.493 e. The van der Waals surface area contributed by atoms with E-state index < -0.39 is 0 Å². The van der Waals surface area contributed by atoms with E-state index in [-0.39, 0.29) is 18.3 Å². The number of anilines is 1. The van der Waals surface area contributed by atoms with Crippen LogP contribution in [0.15, 0.2) is 52.1 Å². The minimum absolute atomic E-state index is 0.102. The average Bonchev–Trinajstić information content (AvgIpc) is 3.14. The summed E-state index contributed by atoms with van der Waals surface area (Å²) in [5, 5.41) is 12.0. The van der Waals surface area contributed by atoms with E-state index in [1.54, 1.807) is 7.11 Å². The molecule has 0 unspecified atom stereocenters. The lowest BCUT2D eigenvalue weighted by molar-refractivity contribution is -0.113. The molecular weight excluding hydrogens is 468 g/mol. The van der Waals surface area contributed by atoms with Crippen LogP contribution in [-0.4, -0.2) is 33.5 Å². The lowest BCUT2D eigenvalue weighted by Gasteiger charge is -2.12. The number of benzene rings is 2. The zero-order chi connectivity index (χ0) is 21.5. The zero-order valence-corrected chi connectivity index (χ0v) is 19.4. The van der Waals surface area contributed by atoms with Crippen LogP contribution in [0.4, 0.5) is 5.69 Å². The second-order valence-corrected chi connectivity index (χ2v) is 8.29. The van der Waals surface area contributed by atoms with E-state index in [0.717, 1.165) is 15.7 Å². The summed E-state index contributed by atoms with van der Waals surface area (Å²) in [6.45, 7) is 4.93. The van der Waals surface area contributed by atoms with Gasteiger partial charge in [0.15, 0.2) is 22.5 Å². The molecule has 0 saturated carbocycles. The van der Waals surface area contributed by atoms with Gasteiger partial charge in [-0.1, -0.05) is 33.8 Å². The third kappa shape index (κ3) is 5.76. The van der Waals surface area contributed by atoms with Crippen LogP contribution in [0.1, 0.15) is 18.3 Å². The Kier molecular flexibility index (Phi) is 7.75. The molecule has 0 fully saturated rings. The number of aryl methyl sites for hydroxylation is 1. The quantitative estimate of drug-likeness (QED) is 0.438. The second-order valence-electron chi connectivity index (χ2n) is 6.43. The van der Waals surface area contributed by atoms with Crippen LogP contribution in [0.3, 0.4) is 0 Å². The maximum atomic E-state index is 12.2. The average molecular weight is 491 g/mol. The van der Waals surface area contributed by atoms with Gasteiger partial charge in [-0.15, -0.1) is 10.2 Å². The Morgan fingerprint density at radius 3 is 2.63 bits per heavy atom. The van der Waals surface area contributed by atoms with Crippen LogP contribution in [0.25, 0.3) is 0 Å². The summed E-state index contributed by atoms with van der Waals surface area (Å²) in [5.74, 6) is 2.15. The predicted molar refractivity (Wildman–Crippen MR) is 121 cm³/mol. The van der Waals surface area contributed by atoms with Gasteiger partial charge in [0.25, 0.3) is 0 Å². The number of nitrogens with zero attached hydrogens (tertiary/aromatic N) is 3. The summed E-state index contributed by atoms with van der Waals surface area (Å²) >= 11 is 4.72. The molecule has 1 aromatic heterocycles. The predicted octanol–water partition coefficient (Wildman–Crippen LogP) is 4.69. The van der Waals surface area contributed by atoms with E-state index in [1.807, 2.05) is 60.9 Å². The van der Waals surface area contributed by atoms with Crippen LogP contribution in [0.2, 0.25) is 0 Å². The fraction of sp³-hybridized carbons (Fsp3) is 0.286. The molecule has 0 bridgehead atoms. The number of carbonyl (C=O) groups is 1. The van der Waals surface area contributed by atoms with Crippen LogP contribution in [0.5, 0.6) is 11.5 Å². The van der Waals surface area contributed by atoms with Crippen molar-refractivity contribution in [1.29, 1.82) is 0 Å². The van der Waals surface area contributed by atoms with Crippen molar-refractivity contribution in [3.63, 3.8) is 0 Å². The van der Waals surface area contributed by atoms with Gasteiger partial charge in [0, 0.05) is 16.7 Å². The fourth-order valence-corrected chi connectivity index (χ4v) is 3.83. The number of thioether (sulfide) groups is 1. The van der Waals surface area contributed by atoms with Gasteiger partial charge in [-0.2, -0.15) is 0 Å². The van der Waals surface area contributed by atoms with Crippen molar-refractivity contribution in [3.8, 4) is 11.5 Å². The Morgan fingerprint density at radius 1 is 1.17 bits per heavy atom.